The molecule has 0 radical (unpaired) electrons. The maximum Gasteiger partial charge on any atom is 0.207 e. The Morgan fingerprint density at radius 3 is 3.20 bits per heavy atom. The van der Waals surface area contributed by atoms with Crippen LogP contribution in [0.15, 0.2) is 10.6 Å². The molecule has 1 aliphatic heterocycles. The summed E-state index contributed by atoms with van der Waals surface area (Å²) in [5.41, 5.74) is 5.72. The van der Waals surface area contributed by atoms with Gasteiger partial charge in [0.1, 0.15) is 5.76 Å². The minimum Gasteiger partial charge on any atom is -0.444 e. The fraction of sp³-hybridized carbons (Fsp3) is 0.727. The summed E-state index contributed by atoms with van der Waals surface area (Å²) in [6.45, 7) is 1.98. The zero-order chi connectivity index (χ0) is 10.7. The van der Waals surface area contributed by atoms with E-state index < -0.39 is 0 Å². The van der Waals surface area contributed by atoms with Crippen LogP contribution in [0, 0.1) is 0 Å². The summed E-state index contributed by atoms with van der Waals surface area (Å²) in [6.07, 6.45) is 6.43. The molecule has 2 unspecified atom stereocenters. The number of oxazole rings is 1. The maximum absolute atomic E-state index is 5.72. The van der Waals surface area contributed by atoms with Gasteiger partial charge in [0.2, 0.25) is 5.89 Å². The Hall–Kier alpha value is -0.480. The smallest absolute Gasteiger partial charge is 0.207 e. The molecule has 2 atom stereocenters. The van der Waals surface area contributed by atoms with Crippen LogP contribution in [0.4, 0.5) is 0 Å². The first-order valence-electron chi connectivity index (χ1n) is 5.57. The van der Waals surface area contributed by atoms with Crippen molar-refractivity contribution in [2.24, 2.45) is 5.73 Å². The van der Waals surface area contributed by atoms with Crippen molar-refractivity contribution in [3.63, 3.8) is 0 Å². The minimum atomic E-state index is 0.143. The van der Waals surface area contributed by atoms with Crippen molar-refractivity contribution in [2.75, 3.05) is 5.75 Å². The van der Waals surface area contributed by atoms with Crippen molar-refractivity contribution < 1.29 is 4.42 Å². The molecule has 2 heterocycles. The molecule has 3 nitrogen and oxygen atoms in total. The number of aromatic nitrogens is 1. The Morgan fingerprint density at radius 2 is 2.53 bits per heavy atom. The van der Waals surface area contributed by atoms with E-state index in [0.29, 0.717) is 5.25 Å². The normalized spacial score (nSPS) is 24.0. The topological polar surface area (TPSA) is 52.0 Å². The largest absolute Gasteiger partial charge is 0.444 e. The van der Waals surface area contributed by atoms with E-state index in [0.717, 1.165) is 18.1 Å². The van der Waals surface area contributed by atoms with E-state index in [1.54, 1.807) is 0 Å². The van der Waals surface area contributed by atoms with E-state index in [-0.39, 0.29) is 6.04 Å². The molecule has 84 valence electrons. The molecule has 0 aliphatic carbocycles. The molecular weight excluding hydrogens is 208 g/mol. The van der Waals surface area contributed by atoms with Crippen LogP contribution in [-0.2, 0) is 6.42 Å². The van der Waals surface area contributed by atoms with E-state index in [1.807, 2.05) is 24.9 Å². The van der Waals surface area contributed by atoms with Crippen molar-refractivity contribution in [1.29, 1.82) is 0 Å². The quantitative estimate of drug-likeness (QED) is 0.860. The van der Waals surface area contributed by atoms with Crippen LogP contribution in [0.5, 0.6) is 0 Å². The van der Waals surface area contributed by atoms with Crippen molar-refractivity contribution in [2.45, 2.75) is 43.9 Å². The molecule has 1 aromatic rings. The van der Waals surface area contributed by atoms with Gasteiger partial charge >= 0.3 is 0 Å². The molecule has 4 heteroatoms. The van der Waals surface area contributed by atoms with Gasteiger partial charge in [-0.2, -0.15) is 0 Å². The first-order chi connectivity index (χ1) is 7.25. The highest BCUT2D eigenvalue weighted by Gasteiger charge is 2.20. The van der Waals surface area contributed by atoms with Gasteiger partial charge in [-0.3, -0.25) is 0 Å². The number of rotatable bonds is 3. The lowest BCUT2D eigenvalue weighted by atomic mass is 10.2. The van der Waals surface area contributed by atoms with Gasteiger partial charge in [0.25, 0.3) is 0 Å². The summed E-state index contributed by atoms with van der Waals surface area (Å²) in [5, 5.41) is 0.473. The molecule has 0 amide bonds. The van der Waals surface area contributed by atoms with Gasteiger partial charge in [0.05, 0.1) is 11.4 Å². The second-order valence-electron chi connectivity index (χ2n) is 4.20. The Bertz CT molecular complexity index is 305. The van der Waals surface area contributed by atoms with Crippen molar-refractivity contribution in [1.82, 2.24) is 4.98 Å². The molecule has 0 bridgehead atoms. The molecule has 1 saturated heterocycles. The third-order valence-electron chi connectivity index (χ3n) is 2.55. The van der Waals surface area contributed by atoms with Crippen molar-refractivity contribution in [3.05, 3.63) is 17.8 Å². The van der Waals surface area contributed by atoms with Crippen LogP contribution < -0.4 is 5.73 Å². The predicted octanol–water partition coefficient (Wildman–Crippen LogP) is 2.52. The van der Waals surface area contributed by atoms with Gasteiger partial charge in [0, 0.05) is 12.5 Å². The van der Waals surface area contributed by atoms with Crippen LogP contribution in [0.25, 0.3) is 0 Å². The lowest BCUT2D eigenvalue weighted by Crippen LogP contribution is -2.17. The summed E-state index contributed by atoms with van der Waals surface area (Å²) in [6, 6.07) is 0.143. The van der Waals surface area contributed by atoms with Gasteiger partial charge in [-0.05, 0) is 25.5 Å². The van der Waals surface area contributed by atoms with Crippen LogP contribution >= 0.6 is 11.8 Å². The summed E-state index contributed by atoms with van der Waals surface area (Å²) in [7, 11) is 0. The first kappa shape index (κ1) is 11.0. The van der Waals surface area contributed by atoms with E-state index in [4.69, 9.17) is 10.2 Å². The average molecular weight is 226 g/mol. The summed E-state index contributed by atoms with van der Waals surface area (Å²) in [5.74, 6) is 3.05. The Kier molecular flexibility index (Phi) is 3.70. The minimum absolute atomic E-state index is 0.143. The fourth-order valence-corrected chi connectivity index (χ4v) is 3.06. The average Bonchev–Trinajstić information content (AvgIpc) is 2.67. The van der Waals surface area contributed by atoms with Crippen LogP contribution in [0.1, 0.15) is 43.1 Å². The Labute approximate surface area is 94.8 Å². The summed E-state index contributed by atoms with van der Waals surface area (Å²) < 4.78 is 5.72. The highest BCUT2D eigenvalue weighted by Crippen LogP contribution is 2.37. The monoisotopic (exact) mass is 226 g/mol. The number of nitrogens with zero attached hydrogens (tertiary/aromatic N) is 1. The highest BCUT2D eigenvalue weighted by molar-refractivity contribution is 7.99. The van der Waals surface area contributed by atoms with Crippen LogP contribution in [0.2, 0.25) is 0 Å². The standard InChI is InChI=1S/C11H18N2OS/c1-8(12)6-9-7-13-11(14-9)10-4-2-3-5-15-10/h7-8,10H,2-6,12H2,1H3. The second-order valence-corrected chi connectivity index (χ2v) is 5.51. The summed E-state index contributed by atoms with van der Waals surface area (Å²) in [4.78, 5) is 4.35. The molecule has 2 N–H and O–H groups in total. The summed E-state index contributed by atoms with van der Waals surface area (Å²) >= 11 is 1.96. The van der Waals surface area contributed by atoms with E-state index in [9.17, 15) is 0 Å². The zero-order valence-corrected chi connectivity index (χ0v) is 9.93. The molecule has 1 aromatic heterocycles. The fourth-order valence-electron chi connectivity index (χ4n) is 1.82. The van der Waals surface area contributed by atoms with Gasteiger partial charge in [0.15, 0.2) is 0 Å². The van der Waals surface area contributed by atoms with Gasteiger partial charge in [-0.25, -0.2) is 4.98 Å². The molecule has 0 spiro atoms. The van der Waals surface area contributed by atoms with Gasteiger partial charge < -0.3 is 10.2 Å². The van der Waals surface area contributed by atoms with E-state index >= 15 is 0 Å². The molecule has 0 saturated carbocycles. The Morgan fingerprint density at radius 1 is 1.67 bits per heavy atom. The Balaban J connectivity index is 1.99. The van der Waals surface area contributed by atoms with E-state index in [2.05, 4.69) is 4.98 Å². The highest BCUT2D eigenvalue weighted by atomic mass is 32.2. The predicted molar refractivity (Wildman–Crippen MR) is 62.9 cm³/mol. The van der Waals surface area contributed by atoms with Gasteiger partial charge in [-0.1, -0.05) is 6.42 Å². The number of hydrogen-bond donors (Lipinski definition) is 1. The molecular formula is C11H18N2OS. The van der Waals surface area contributed by atoms with Gasteiger partial charge in [-0.15, -0.1) is 11.8 Å². The number of thioether (sulfide) groups is 1. The molecule has 2 rings (SSSR count). The van der Waals surface area contributed by atoms with E-state index in [1.165, 1.54) is 25.0 Å². The lowest BCUT2D eigenvalue weighted by Gasteiger charge is -2.17. The lowest BCUT2D eigenvalue weighted by molar-refractivity contribution is 0.431. The molecule has 1 fully saturated rings. The maximum atomic E-state index is 5.72. The third kappa shape index (κ3) is 2.98. The van der Waals surface area contributed by atoms with Crippen LogP contribution in [0.3, 0.4) is 0 Å². The number of hydrogen-bond acceptors (Lipinski definition) is 4. The molecule has 0 aromatic carbocycles. The zero-order valence-electron chi connectivity index (χ0n) is 9.11. The third-order valence-corrected chi connectivity index (χ3v) is 3.91. The van der Waals surface area contributed by atoms with Crippen molar-refractivity contribution >= 4 is 11.8 Å². The second kappa shape index (κ2) is 5.03. The SMILES string of the molecule is CC(N)Cc1cnc(C2CCCCS2)o1. The number of nitrogens with two attached hydrogens (primary N) is 1. The van der Waals surface area contributed by atoms with Crippen molar-refractivity contribution in [3.8, 4) is 0 Å². The first-order valence-corrected chi connectivity index (χ1v) is 6.62. The molecule has 15 heavy (non-hydrogen) atoms. The molecule has 1 aliphatic rings. The van der Waals surface area contributed by atoms with Crippen LogP contribution in [-0.4, -0.2) is 16.8 Å².